The molecule has 8 nitrogen and oxygen atoms in total. The maximum Gasteiger partial charge on any atom is 0.311 e. The summed E-state index contributed by atoms with van der Waals surface area (Å²) in [7, 11) is 0. The number of rotatable bonds is 2. The van der Waals surface area contributed by atoms with Gasteiger partial charge >= 0.3 is 5.97 Å². The molecule has 0 aromatic carbocycles. The SMILES string of the molecule is Nc1nc(N2CCCCC2)nc2c1[C@H](C(=O)O)CC(=O)N2. The van der Waals surface area contributed by atoms with Crippen molar-refractivity contribution < 1.29 is 14.7 Å². The number of hydrogen-bond acceptors (Lipinski definition) is 6. The number of aromatic nitrogens is 2. The van der Waals surface area contributed by atoms with Crippen molar-refractivity contribution in [2.24, 2.45) is 0 Å². The third-order valence-electron chi connectivity index (χ3n) is 3.90. The van der Waals surface area contributed by atoms with Gasteiger partial charge in [0.2, 0.25) is 11.9 Å². The van der Waals surface area contributed by atoms with Crippen LogP contribution in [0.1, 0.15) is 37.2 Å². The number of carbonyl (C=O) groups is 2. The Morgan fingerprint density at radius 1 is 1.29 bits per heavy atom. The summed E-state index contributed by atoms with van der Waals surface area (Å²) in [5.41, 5.74) is 6.24. The third-order valence-corrected chi connectivity index (χ3v) is 3.90. The Morgan fingerprint density at radius 2 is 2.00 bits per heavy atom. The van der Waals surface area contributed by atoms with Crippen molar-refractivity contribution in [3.05, 3.63) is 5.56 Å². The molecule has 21 heavy (non-hydrogen) atoms. The molecule has 2 aliphatic heterocycles. The average molecular weight is 291 g/mol. The number of anilines is 3. The first kappa shape index (κ1) is 13.6. The highest BCUT2D eigenvalue weighted by Gasteiger charge is 2.35. The van der Waals surface area contributed by atoms with Gasteiger partial charge < -0.3 is 21.1 Å². The van der Waals surface area contributed by atoms with Crippen LogP contribution in [0, 0.1) is 0 Å². The first-order valence-electron chi connectivity index (χ1n) is 7.01. The minimum Gasteiger partial charge on any atom is -0.481 e. The van der Waals surface area contributed by atoms with Gasteiger partial charge in [0, 0.05) is 19.5 Å². The van der Waals surface area contributed by atoms with Gasteiger partial charge in [-0.2, -0.15) is 9.97 Å². The van der Waals surface area contributed by atoms with E-state index in [1.807, 2.05) is 4.90 Å². The van der Waals surface area contributed by atoms with Gasteiger partial charge in [0.05, 0.1) is 11.5 Å². The monoisotopic (exact) mass is 291 g/mol. The quantitative estimate of drug-likeness (QED) is 0.727. The first-order chi connectivity index (χ1) is 10.1. The molecule has 0 unspecified atom stereocenters. The van der Waals surface area contributed by atoms with E-state index in [0.29, 0.717) is 11.5 Å². The number of aliphatic carboxylic acids is 1. The highest BCUT2D eigenvalue weighted by atomic mass is 16.4. The zero-order valence-corrected chi connectivity index (χ0v) is 11.5. The van der Waals surface area contributed by atoms with E-state index in [1.54, 1.807) is 0 Å². The van der Waals surface area contributed by atoms with E-state index in [9.17, 15) is 14.7 Å². The maximum atomic E-state index is 11.7. The van der Waals surface area contributed by atoms with Gasteiger partial charge in [-0.15, -0.1) is 0 Å². The molecule has 1 fully saturated rings. The van der Waals surface area contributed by atoms with E-state index in [1.165, 1.54) is 6.42 Å². The zero-order valence-electron chi connectivity index (χ0n) is 11.5. The Labute approximate surface area is 121 Å². The number of fused-ring (bicyclic) bond motifs is 1. The van der Waals surface area contributed by atoms with Crippen LogP contribution < -0.4 is 16.0 Å². The second-order valence-corrected chi connectivity index (χ2v) is 5.36. The van der Waals surface area contributed by atoms with Crippen LogP contribution >= 0.6 is 0 Å². The second kappa shape index (κ2) is 5.19. The molecule has 0 saturated carbocycles. The molecule has 1 aromatic heterocycles. The molecule has 2 aliphatic rings. The summed E-state index contributed by atoms with van der Waals surface area (Å²) in [6.07, 6.45) is 3.16. The molecule has 112 valence electrons. The summed E-state index contributed by atoms with van der Waals surface area (Å²) in [6, 6.07) is 0. The lowest BCUT2D eigenvalue weighted by Gasteiger charge is -2.29. The van der Waals surface area contributed by atoms with E-state index in [4.69, 9.17) is 5.73 Å². The number of hydrogen-bond donors (Lipinski definition) is 3. The van der Waals surface area contributed by atoms with Crippen molar-refractivity contribution in [1.29, 1.82) is 0 Å². The molecule has 1 aromatic rings. The molecule has 1 saturated heterocycles. The summed E-state index contributed by atoms with van der Waals surface area (Å²) in [4.78, 5) is 33.5. The minimum atomic E-state index is -1.09. The largest absolute Gasteiger partial charge is 0.481 e. The number of nitrogens with two attached hydrogens (primary N) is 1. The van der Waals surface area contributed by atoms with E-state index in [-0.39, 0.29) is 24.0 Å². The second-order valence-electron chi connectivity index (χ2n) is 5.36. The van der Waals surface area contributed by atoms with Crippen LogP contribution in [0.5, 0.6) is 0 Å². The number of piperidine rings is 1. The van der Waals surface area contributed by atoms with Crippen LogP contribution in [0.15, 0.2) is 0 Å². The van der Waals surface area contributed by atoms with Crippen molar-refractivity contribution in [3.8, 4) is 0 Å². The summed E-state index contributed by atoms with van der Waals surface area (Å²) in [6.45, 7) is 1.68. The summed E-state index contributed by atoms with van der Waals surface area (Å²) in [5.74, 6) is -1.62. The molecule has 0 radical (unpaired) electrons. The van der Waals surface area contributed by atoms with Crippen LogP contribution in [0.3, 0.4) is 0 Å². The predicted molar refractivity (Wildman–Crippen MR) is 76.1 cm³/mol. The summed E-state index contributed by atoms with van der Waals surface area (Å²) < 4.78 is 0. The molecule has 3 heterocycles. The minimum absolute atomic E-state index is 0.132. The Hall–Kier alpha value is -2.38. The topological polar surface area (TPSA) is 121 Å². The maximum absolute atomic E-state index is 11.7. The van der Waals surface area contributed by atoms with Gasteiger partial charge in [-0.3, -0.25) is 9.59 Å². The van der Waals surface area contributed by atoms with E-state index in [0.717, 1.165) is 25.9 Å². The molecule has 0 bridgehead atoms. The van der Waals surface area contributed by atoms with Crippen LogP contribution in [0.25, 0.3) is 0 Å². The van der Waals surface area contributed by atoms with E-state index in [2.05, 4.69) is 15.3 Å². The van der Waals surface area contributed by atoms with E-state index < -0.39 is 11.9 Å². The Morgan fingerprint density at radius 3 is 2.67 bits per heavy atom. The summed E-state index contributed by atoms with van der Waals surface area (Å²) >= 11 is 0. The van der Waals surface area contributed by atoms with Crippen LogP contribution in [0.2, 0.25) is 0 Å². The third kappa shape index (κ3) is 2.48. The van der Waals surface area contributed by atoms with Crippen molar-refractivity contribution in [1.82, 2.24) is 9.97 Å². The number of carboxylic acid groups (broad SMARTS) is 1. The lowest BCUT2D eigenvalue weighted by atomic mass is 9.93. The molecule has 0 spiro atoms. The van der Waals surface area contributed by atoms with Crippen molar-refractivity contribution in [2.75, 3.05) is 29.0 Å². The predicted octanol–water partition coefficient (Wildman–Crippen LogP) is 0.559. The molecule has 1 atom stereocenters. The lowest BCUT2D eigenvalue weighted by Crippen LogP contribution is -2.34. The zero-order chi connectivity index (χ0) is 15.0. The van der Waals surface area contributed by atoms with Gasteiger partial charge in [-0.1, -0.05) is 0 Å². The summed E-state index contributed by atoms with van der Waals surface area (Å²) in [5, 5.41) is 11.8. The van der Waals surface area contributed by atoms with E-state index >= 15 is 0 Å². The van der Waals surface area contributed by atoms with Gasteiger partial charge in [0.25, 0.3) is 0 Å². The Bertz CT molecular complexity index is 598. The number of nitrogens with one attached hydrogen (secondary N) is 1. The number of nitrogen functional groups attached to an aromatic ring is 1. The molecule has 4 N–H and O–H groups in total. The molecule has 1 amide bonds. The van der Waals surface area contributed by atoms with Gasteiger partial charge in [0.1, 0.15) is 11.6 Å². The van der Waals surface area contributed by atoms with Crippen molar-refractivity contribution in [3.63, 3.8) is 0 Å². The highest BCUT2D eigenvalue weighted by molar-refractivity contribution is 6.00. The highest BCUT2D eigenvalue weighted by Crippen LogP contribution is 2.36. The van der Waals surface area contributed by atoms with Crippen molar-refractivity contribution >= 4 is 29.5 Å². The molecule has 3 rings (SSSR count). The van der Waals surface area contributed by atoms with Crippen LogP contribution in [-0.4, -0.2) is 40.0 Å². The number of carbonyl (C=O) groups excluding carboxylic acids is 1. The fourth-order valence-electron chi connectivity index (χ4n) is 2.83. The van der Waals surface area contributed by atoms with Gasteiger partial charge in [-0.05, 0) is 19.3 Å². The molecular formula is C13H17N5O3. The fraction of sp³-hybridized carbons (Fsp3) is 0.538. The fourth-order valence-corrected chi connectivity index (χ4v) is 2.83. The van der Waals surface area contributed by atoms with Crippen molar-refractivity contribution in [2.45, 2.75) is 31.6 Å². The van der Waals surface area contributed by atoms with Crippen LogP contribution in [0.4, 0.5) is 17.6 Å². The standard InChI is InChI=1S/C13H17N5O3/c14-10-9-7(12(20)21)6-8(19)15-11(9)17-13(16-10)18-4-2-1-3-5-18/h7H,1-6H2,(H,20,21)(H3,14,15,16,17,19)/t7-/m1/s1. The first-order valence-corrected chi connectivity index (χ1v) is 7.01. The number of carboxylic acids is 1. The Balaban J connectivity index is 2.01. The molecule has 8 heteroatoms. The van der Waals surface area contributed by atoms with Gasteiger partial charge in [-0.25, -0.2) is 0 Å². The molecular weight excluding hydrogens is 274 g/mol. The number of amides is 1. The normalized spacial score (nSPS) is 21.6. The number of nitrogens with zero attached hydrogens (tertiary/aromatic N) is 3. The molecule has 0 aliphatic carbocycles. The van der Waals surface area contributed by atoms with Gasteiger partial charge in [0.15, 0.2) is 0 Å². The Kier molecular flexibility index (Phi) is 3.36. The average Bonchev–Trinajstić information content (AvgIpc) is 2.46. The lowest BCUT2D eigenvalue weighted by molar-refractivity contribution is -0.140. The van der Waals surface area contributed by atoms with Crippen LogP contribution in [-0.2, 0) is 9.59 Å². The smallest absolute Gasteiger partial charge is 0.311 e.